The Balaban J connectivity index is 2.03. The van der Waals surface area contributed by atoms with Crippen molar-refractivity contribution in [1.29, 1.82) is 0 Å². The number of hydrogen-bond donors (Lipinski definition) is 1. The van der Waals surface area contributed by atoms with Gasteiger partial charge in [-0.1, -0.05) is 42.3 Å². The molecule has 0 saturated heterocycles. The molecule has 0 spiro atoms. The Morgan fingerprint density at radius 1 is 1.24 bits per heavy atom. The lowest BCUT2D eigenvalue weighted by Gasteiger charge is -2.17. The molecular formula is C17H18ClNO2. The molecule has 2 rings (SSSR count). The first kappa shape index (κ1) is 15.4. The highest BCUT2D eigenvalue weighted by Crippen LogP contribution is 2.18. The van der Waals surface area contributed by atoms with Gasteiger partial charge in [0.1, 0.15) is 5.75 Å². The first-order chi connectivity index (χ1) is 10.1. The van der Waals surface area contributed by atoms with Crippen molar-refractivity contribution in [2.45, 2.75) is 26.4 Å². The van der Waals surface area contributed by atoms with Crippen LogP contribution in [0.1, 0.15) is 18.9 Å². The van der Waals surface area contributed by atoms with Gasteiger partial charge in [0.05, 0.1) is 0 Å². The number of ether oxygens (including phenoxy) is 1. The number of carbonyl (C=O) groups excluding carboxylic acids is 1. The number of halogens is 1. The summed E-state index contributed by atoms with van der Waals surface area (Å²) in [6, 6.07) is 14.7. The molecule has 4 heteroatoms. The van der Waals surface area contributed by atoms with Crippen LogP contribution in [0, 0.1) is 6.92 Å². The summed E-state index contributed by atoms with van der Waals surface area (Å²) in [4.78, 5) is 12.2. The molecule has 1 atom stereocenters. The molecule has 1 N–H and O–H groups in total. The minimum Gasteiger partial charge on any atom is -0.481 e. The van der Waals surface area contributed by atoms with E-state index in [1.165, 1.54) is 0 Å². The van der Waals surface area contributed by atoms with Crippen LogP contribution in [-0.2, 0) is 4.79 Å². The maximum atomic E-state index is 12.2. The topological polar surface area (TPSA) is 38.3 Å². The number of rotatable bonds is 5. The lowest BCUT2D eigenvalue weighted by atomic mass is 10.2. The third-order valence-corrected chi connectivity index (χ3v) is 3.29. The van der Waals surface area contributed by atoms with Crippen LogP contribution in [0.15, 0.2) is 48.5 Å². The van der Waals surface area contributed by atoms with Crippen LogP contribution < -0.4 is 10.1 Å². The van der Waals surface area contributed by atoms with Gasteiger partial charge >= 0.3 is 0 Å². The van der Waals surface area contributed by atoms with Gasteiger partial charge in [-0.2, -0.15) is 0 Å². The molecule has 0 bridgehead atoms. The number of amides is 1. The summed E-state index contributed by atoms with van der Waals surface area (Å²) in [5, 5.41) is 3.40. The van der Waals surface area contributed by atoms with Crippen LogP contribution in [0.5, 0.6) is 5.75 Å². The number of nitrogens with one attached hydrogen (secondary N) is 1. The van der Waals surface area contributed by atoms with Gasteiger partial charge in [0.2, 0.25) is 0 Å². The van der Waals surface area contributed by atoms with E-state index in [1.807, 2.05) is 38.1 Å². The second kappa shape index (κ2) is 7.14. The van der Waals surface area contributed by atoms with Crippen LogP contribution >= 0.6 is 11.6 Å². The van der Waals surface area contributed by atoms with Gasteiger partial charge < -0.3 is 10.1 Å². The predicted octanol–water partition coefficient (Wildman–Crippen LogP) is 4.44. The van der Waals surface area contributed by atoms with Crippen molar-refractivity contribution in [2.75, 3.05) is 5.32 Å². The molecule has 0 heterocycles. The monoisotopic (exact) mass is 303 g/mol. The standard InChI is InChI=1S/C17H18ClNO2/c1-3-16(21-15-9-7-12(2)8-10-15)17(20)19-14-6-4-5-13(18)11-14/h4-11,16H,3H2,1-2H3,(H,19,20). The normalized spacial score (nSPS) is 11.8. The van der Waals surface area contributed by atoms with Crippen LogP contribution in [-0.4, -0.2) is 12.0 Å². The molecule has 2 aromatic carbocycles. The SMILES string of the molecule is CCC(Oc1ccc(C)cc1)C(=O)Nc1cccc(Cl)c1. The highest BCUT2D eigenvalue weighted by atomic mass is 35.5. The summed E-state index contributed by atoms with van der Waals surface area (Å²) >= 11 is 5.90. The van der Waals surface area contributed by atoms with Gasteiger partial charge in [-0.3, -0.25) is 4.79 Å². The molecule has 0 fully saturated rings. The van der Waals surface area contributed by atoms with E-state index in [0.29, 0.717) is 22.9 Å². The fourth-order valence-corrected chi connectivity index (χ4v) is 2.08. The molecular weight excluding hydrogens is 286 g/mol. The van der Waals surface area contributed by atoms with Crippen molar-refractivity contribution in [3.63, 3.8) is 0 Å². The summed E-state index contributed by atoms with van der Waals surface area (Å²) in [5.41, 5.74) is 1.82. The first-order valence-electron chi connectivity index (χ1n) is 6.88. The zero-order chi connectivity index (χ0) is 15.2. The summed E-state index contributed by atoms with van der Waals surface area (Å²) < 4.78 is 5.74. The second-order valence-corrected chi connectivity index (χ2v) is 5.26. The van der Waals surface area contributed by atoms with Crippen molar-refractivity contribution >= 4 is 23.2 Å². The van der Waals surface area contributed by atoms with Crippen molar-refractivity contribution in [1.82, 2.24) is 0 Å². The summed E-state index contributed by atoms with van der Waals surface area (Å²) in [7, 11) is 0. The average molecular weight is 304 g/mol. The number of hydrogen-bond acceptors (Lipinski definition) is 2. The minimum atomic E-state index is -0.535. The lowest BCUT2D eigenvalue weighted by molar-refractivity contribution is -0.122. The zero-order valence-corrected chi connectivity index (χ0v) is 12.9. The van der Waals surface area contributed by atoms with Gasteiger partial charge in [-0.15, -0.1) is 0 Å². The molecule has 3 nitrogen and oxygen atoms in total. The van der Waals surface area contributed by atoms with E-state index in [4.69, 9.17) is 16.3 Å². The minimum absolute atomic E-state index is 0.180. The Hall–Kier alpha value is -2.00. The van der Waals surface area contributed by atoms with Crippen LogP contribution in [0.25, 0.3) is 0 Å². The average Bonchev–Trinajstić information content (AvgIpc) is 2.46. The van der Waals surface area contributed by atoms with E-state index in [-0.39, 0.29) is 5.91 Å². The van der Waals surface area contributed by atoms with Gasteiger partial charge in [0.25, 0.3) is 5.91 Å². The van der Waals surface area contributed by atoms with E-state index in [1.54, 1.807) is 24.3 Å². The Labute approximate surface area is 129 Å². The van der Waals surface area contributed by atoms with Gasteiger partial charge in [-0.25, -0.2) is 0 Å². The molecule has 2 aromatic rings. The molecule has 0 aromatic heterocycles. The molecule has 21 heavy (non-hydrogen) atoms. The predicted molar refractivity (Wildman–Crippen MR) is 86.0 cm³/mol. The Morgan fingerprint density at radius 3 is 2.57 bits per heavy atom. The molecule has 0 aliphatic carbocycles. The van der Waals surface area contributed by atoms with Crippen LogP contribution in [0.2, 0.25) is 5.02 Å². The fourth-order valence-electron chi connectivity index (χ4n) is 1.89. The van der Waals surface area contributed by atoms with Crippen molar-refractivity contribution in [3.05, 3.63) is 59.1 Å². The zero-order valence-electron chi connectivity index (χ0n) is 12.1. The van der Waals surface area contributed by atoms with Crippen molar-refractivity contribution < 1.29 is 9.53 Å². The maximum Gasteiger partial charge on any atom is 0.265 e. The van der Waals surface area contributed by atoms with Crippen molar-refractivity contribution in [3.8, 4) is 5.75 Å². The van der Waals surface area contributed by atoms with Crippen LogP contribution in [0.4, 0.5) is 5.69 Å². The van der Waals surface area contributed by atoms with E-state index >= 15 is 0 Å². The highest BCUT2D eigenvalue weighted by molar-refractivity contribution is 6.30. The summed E-state index contributed by atoms with van der Waals surface area (Å²) in [6.07, 6.45) is 0.0481. The number of benzene rings is 2. The molecule has 0 aliphatic rings. The maximum absolute atomic E-state index is 12.2. The summed E-state index contributed by atoms with van der Waals surface area (Å²) in [6.45, 7) is 3.92. The molecule has 0 radical (unpaired) electrons. The molecule has 0 aliphatic heterocycles. The second-order valence-electron chi connectivity index (χ2n) is 4.83. The van der Waals surface area contributed by atoms with E-state index in [9.17, 15) is 4.79 Å². The Morgan fingerprint density at radius 2 is 1.95 bits per heavy atom. The van der Waals surface area contributed by atoms with Gasteiger partial charge in [0, 0.05) is 10.7 Å². The van der Waals surface area contributed by atoms with Crippen molar-refractivity contribution in [2.24, 2.45) is 0 Å². The Kier molecular flexibility index (Phi) is 5.23. The number of aryl methyl sites for hydroxylation is 1. The third kappa shape index (κ3) is 4.50. The van der Waals surface area contributed by atoms with Gasteiger partial charge in [0.15, 0.2) is 6.10 Å². The Bertz CT molecular complexity index is 610. The third-order valence-electron chi connectivity index (χ3n) is 3.05. The van der Waals surface area contributed by atoms with Gasteiger partial charge in [-0.05, 0) is 43.7 Å². The molecule has 0 saturated carbocycles. The van der Waals surface area contributed by atoms with E-state index < -0.39 is 6.10 Å². The fraction of sp³-hybridized carbons (Fsp3) is 0.235. The summed E-state index contributed by atoms with van der Waals surface area (Å²) in [5.74, 6) is 0.508. The number of carbonyl (C=O) groups is 1. The highest BCUT2D eigenvalue weighted by Gasteiger charge is 2.18. The number of anilines is 1. The van der Waals surface area contributed by atoms with Crippen LogP contribution in [0.3, 0.4) is 0 Å². The molecule has 1 unspecified atom stereocenters. The largest absolute Gasteiger partial charge is 0.481 e. The molecule has 1 amide bonds. The quantitative estimate of drug-likeness (QED) is 0.886. The molecule has 110 valence electrons. The lowest BCUT2D eigenvalue weighted by Crippen LogP contribution is -2.32. The van der Waals surface area contributed by atoms with E-state index in [2.05, 4.69) is 5.32 Å². The first-order valence-corrected chi connectivity index (χ1v) is 7.26. The van der Waals surface area contributed by atoms with E-state index in [0.717, 1.165) is 5.56 Å². The smallest absolute Gasteiger partial charge is 0.265 e.